The third-order valence-electron chi connectivity index (χ3n) is 4.37. The van der Waals surface area contributed by atoms with Gasteiger partial charge in [-0.1, -0.05) is 28.1 Å². The molecule has 4 aromatic rings. The topological polar surface area (TPSA) is 79.2 Å². The molecule has 0 unspecified atom stereocenters. The smallest absolute Gasteiger partial charge is 0.263 e. The van der Waals surface area contributed by atoms with Crippen LogP contribution in [0.15, 0.2) is 51.7 Å². The lowest BCUT2D eigenvalue weighted by molar-refractivity contribution is 0.766. The number of nitriles is 1. The Morgan fingerprint density at radius 1 is 1.15 bits per heavy atom. The van der Waals surface area contributed by atoms with Crippen LogP contribution in [0.4, 0.5) is 5.95 Å². The molecule has 2 heterocycles. The van der Waals surface area contributed by atoms with Gasteiger partial charge in [0.05, 0.1) is 29.1 Å². The normalized spacial score (nSPS) is 11.0. The number of fused-ring (bicyclic) bond motifs is 3. The summed E-state index contributed by atoms with van der Waals surface area (Å²) in [6.07, 6.45) is 0. The SMILES string of the molecule is CN(C)c1nnc2n(Cc3ccc(C#N)cc3)c(=O)c3cc(Br)ccc3n12. The molecule has 0 spiro atoms. The van der Waals surface area contributed by atoms with Gasteiger partial charge in [-0.15, -0.1) is 10.2 Å². The van der Waals surface area contributed by atoms with E-state index in [9.17, 15) is 4.79 Å². The maximum absolute atomic E-state index is 13.2. The molecule has 0 radical (unpaired) electrons. The Hall–Kier alpha value is -3.18. The molecule has 2 aromatic carbocycles. The summed E-state index contributed by atoms with van der Waals surface area (Å²) in [4.78, 5) is 15.1. The first-order valence-electron chi connectivity index (χ1n) is 8.23. The molecule has 0 N–H and O–H groups in total. The second-order valence-electron chi connectivity index (χ2n) is 6.39. The second kappa shape index (κ2) is 6.52. The number of hydrogen-bond donors (Lipinski definition) is 0. The highest BCUT2D eigenvalue weighted by Crippen LogP contribution is 2.22. The summed E-state index contributed by atoms with van der Waals surface area (Å²) in [5.41, 5.74) is 2.10. The molecule has 2 aromatic heterocycles. The van der Waals surface area contributed by atoms with Crippen molar-refractivity contribution in [3.8, 4) is 6.07 Å². The lowest BCUT2D eigenvalue weighted by atomic mass is 10.1. The quantitative estimate of drug-likeness (QED) is 0.507. The van der Waals surface area contributed by atoms with Crippen LogP contribution in [-0.2, 0) is 6.54 Å². The minimum atomic E-state index is -0.138. The largest absolute Gasteiger partial charge is 0.347 e. The fourth-order valence-electron chi connectivity index (χ4n) is 3.07. The number of nitrogens with zero attached hydrogens (tertiary/aromatic N) is 6. The van der Waals surface area contributed by atoms with Crippen molar-refractivity contribution in [2.45, 2.75) is 6.54 Å². The Balaban J connectivity index is 2.02. The fourth-order valence-corrected chi connectivity index (χ4v) is 3.43. The molecule has 0 fully saturated rings. The molecule has 134 valence electrons. The van der Waals surface area contributed by atoms with Crippen LogP contribution in [0.2, 0.25) is 0 Å². The lowest BCUT2D eigenvalue weighted by Crippen LogP contribution is -2.24. The molecule has 27 heavy (non-hydrogen) atoms. The number of aromatic nitrogens is 4. The van der Waals surface area contributed by atoms with Crippen LogP contribution in [0.3, 0.4) is 0 Å². The third-order valence-corrected chi connectivity index (χ3v) is 4.86. The van der Waals surface area contributed by atoms with Gasteiger partial charge in [-0.05, 0) is 35.9 Å². The van der Waals surface area contributed by atoms with Gasteiger partial charge in [-0.25, -0.2) is 4.40 Å². The molecule has 0 saturated heterocycles. The van der Waals surface area contributed by atoms with Crippen LogP contribution in [0.25, 0.3) is 16.7 Å². The molecule has 0 amide bonds. The Bertz CT molecular complexity index is 1260. The van der Waals surface area contributed by atoms with Crippen molar-refractivity contribution < 1.29 is 0 Å². The van der Waals surface area contributed by atoms with Gasteiger partial charge in [0.15, 0.2) is 0 Å². The van der Waals surface area contributed by atoms with Crippen molar-refractivity contribution in [1.82, 2.24) is 19.2 Å². The first kappa shape index (κ1) is 17.2. The maximum atomic E-state index is 13.2. The predicted molar refractivity (Wildman–Crippen MR) is 107 cm³/mol. The molecule has 0 atom stereocenters. The highest BCUT2D eigenvalue weighted by molar-refractivity contribution is 9.10. The van der Waals surface area contributed by atoms with Gasteiger partial charge in [-0.3, -0.25) is 9.36 Å². The van der Waals surface area contributed by atoms with Crippen LogP contribution in [-0.4, -0.2) is 33.3 Å². The Labute approximate surface area is 163 Å². The molecule has 8 heteroatoms. The van der Waals surface area contributed by atoms with Gasteiger partial charge in [0.2, 0.25) is 11.7 Å². The fraction of sp³-hybridized carbons (Fsp3) is 0.158. The molecule has 0 bridgehead atoms. The minimum Gasteiger partial charge on any atom is -0.347 e. The molecule has 0 saturated carbocycles. The first-order chi connectivity index (χ1) is 13.0. The van der Waals surface area contributed by atoms with Crippen LogP contribution >= 0.6 is 15.9 Å². The summed E-state index contributed by atoms with van der Waals surface area (Å²) in [6, 6.07) is 14.9. The van der Waals surface area contributed by atoms with E-state index in [4.69, 9.17) is 5.26 Å². The van der Waals surface area contributed by atoms with Crippen molar-refractivity contribution in [3.63, 3.8) is 0 Å². The van der Waals surface area contributed by atoms with E-state index in [1.165, 1.54) is 0 Å². The van der Waals surface area contributed by atoms with Crippen LogP contribution < -0.4 is 10.5 Å². The summed E-state index contributed by atoms with van der Waals surface area (Å²) in [6.45, 7) is 0.335. The van der Waals surface area contributed by atoms with E-state index in [-0.39, 0.29) is 5.56 Å². The number of halogens is 1. The summed E-state index contributed by atoms with van der Waals surface area (Å²) >= 11 is 3.45. The van der Waals surface area contributed by atoms with Gasteiger partial charge in [0.1, 0.15) is 0 Å². The maximum Gasteiger partial charge on any atom is 0.263 e. The van der Waals surface area contributed by atoms with Gasteiger partial charge >= 0.3 is 0 Å². The van der Waals surface area contributed by atoms with Crippen LogP contribution in [0.5, 0.6) is 0 Å². The number of benzene rings is 2. The van der Waals surface area contributed by atoms with Crippen LogP contribution in [0.1, 0.15) is 11.1 Å². The number of rotatable bonds is 3. The van der Waals surface area contributed by atoms with Crippen molar-refractivity contribution in [3.05, 3.63) is 68.4 Å². The van der Waals surface area contributed by atoms with E-state index in [1.54, 1.807) is 16.7 Å². The summed E-state index contributed by atoms with van der Waals surface area (Å²) in [7, 11) is 3.77. The van der Waals surface area contributed by atoms with Crippen molar-refractivity contribution >= 4 is 38.6 Å². The van der Waals surface area contributed by atoms with Gasteiger partial charge in [0, 0.05) is 18.6 Å². The monoisotopic (exact) mass is 422 g/mol. The van der Waals surface area contributed by atoms with Crippen molar-refractivity contribution in [2.24, 2.45) is 0 Å². The lowest BCUT2D eigenvalue weighted by Gasteiger charge is -2.14. The summed E-state index contributed by atoms with van der Waals surface area (Å²) in [5, 5.41) is 18.1. The highest BCUT2D eigenvalue weighted by Gasteiger charge is 2.18. The molecular formula is C19H15BrN6O. The molecule has 0 aliphatic carbocycles. The third kappa shape index (κ3) is 2.86. The Morgan fingerprint density at radius 2 is 1.89 bits per heavy atom. The molecule has 0 aliphatic rings. The Morgan fingerprint density at radius 3 is 2.56 bits per heavy atom. The molecule has 4 rings (SSSR count). The standard InChI is InChI=1S/C19H15BrN6O/c1-24(2)18-22-23-19-25(11-13-5-3-12(10-21)4-6-13)17(27)15-9-14(20)7-8-16(15)26(18)19/h3-9H,11H2,1-2H3. The molecule has 0 aliphatic heterocycles. The second-order valence-corrected chi connectivity index (χ2v) is 7.31. The average Bonchev–Trinajstić information content (AvgIpc) is 3.11. The van der Waals surface area contributed by atoms with E-state index in [2.05, 4.69) is 32.2 Å². The highest BCUT2D eigenvalue weighted by atomic mass is 79.9. The first-order valence-corrected chi connectivity index (χ1v) is 9.02. The van der Waals surface area contributed by atoms with Crippen molar-refractivity contribution in [1.29, 1.82) is 5.26 Å². The summed E-state index contributed by atoms with van der Waals surface area (Å²) < 4.78 is 4.32. The molecular weight excluding hydrogens is 408 g/mol. The van der Waals surface area contributed by atoms with Gasteiger partial charge in [-0.2, -0.15) is 5.26 Å². The number of hydrogen-bond acceptors (Lipinski definition) is 5. The number of anilines is 1. The van der Waals surface area contributed by atoms with E-state index >= 15 is 0 Å². The average molecular weight is 423 g/mol. The zero-order chi connectivity index (χ0) is 19.1. The van der Waals surface area contributed by atoms with E-state index in [0.29, 0.717) is 29.2 Å². The zero-order valence-electron chi connectivity index (χ0n) is 14.7. The van der Waals surface area contributed by atoms with E-state index in [0.717, 1.165) is 15.6 Å². The zero-order valence-corrected chi connectivity index (χ0v) is 16.3. The minimum absolute atomic E-state index is 0.138. The van der Waals surface area contributed by atoms with Gasteiger partial charge < -0.3 is 4.90 Å². The predicted octanol–water partition coefficient (Wildman–Crippen LogP) is 2.79. The van der Waals surface area contributed by atoms with Crippen molar-refractivity contribution in [2.75, 3.05) is 19.0 Å². The van der Waals surface area contributed by atoms with Crippen LogP contribution in [0, 0.1) is 11.3 Å². The summed E-state index contributed by atoms with van der Waals surface area (Å²) in [5.74, 6) is 1.12. The Kier molecular flexibility index (Phi) is 4.16. The van der Waals surface area contributed by atoms with E-state index < -0.39 is 0 Å². The van der Waals surface area contributed by atoms with E-state index in [1.807, 2.05) is 53.7 Å². The molecule has 7 nitrogen and oxygen atoms in total. The van der Waals surface area contributed by atoms with Gasteiger partial charge in [0.25, 0.3) is 5.56 Å².